The Labute approximate surface area is 84.3 Å². The average Bonchev–Trinajstić information content (AvgIpc) is 2.61. The quantitative estimate of drug-likeness (QED) is 0.730. The molecule has 0 aromatic carbocycles. The summed E-state index contributed by atoms with van der Waals surface area (Å²) in [5, 5.41) is 8.85. The number of anilines is 1. The largest absolute Gasteiger partial charge is 0.480 e. The first-order chi connectivity index (χ1) is 7.20. The molecule has 2 heterocycles. The van der Waals surface area contributed by atoms with Gasteiger partial charge in [-0.05, 0) is 6.07 Å². The van der Waals surface area contributed by atoms with E-state index in [2.05, 4.69) is 14.7 Å². The minimum atomic E-state index is -1.13. The number of nitrogens with zero attached hydrogens (tertiary/aromatic N) is 3. The van der Waals surface area contributed by atoms with E-state index in [0.717, 1.165) is 4.90 Å². The van der Waals surface area contributed by atoms with Crippen LogP contribution in [0.2, 0.25) is 0 Å². The molecule has 7 heteroatoms. The smallest absolute Gasteiger partial charge is 0.416 e. The Morgan fingerprint density at radius 3 is 3.07 bits per heavy atom. The van der Waals surface area contributed by atoms with Gasteiger partial charge in [-0.2, -0.15) is 0 Å². The molecular formula is C8H7N3O4. The van der Waals surface area contributed by atoms with E-state index >= 15 is 0 Å². The molecule has 0 aliphatic carbocycles. The Balaban J connectivity index is 2.33. The number of carboxylic acids is 1. The molecule has 1 fully saturated rings. The van der Waals surface area contributed by atoms with Crippen molar-refractivity contribution >= 4 is 17.9 Å². The van der Waals surface area contributed by atoms with Crippen LogP contribution < -0.4 is 4.90 Å². The molecular weight excluding hydrogens is 202 g/mol. The fourth-order valence-electron chi connectivity index (χ4n) is 1.28. The van der Waals surface area contributed by atoms with Crippen LogP contribution in [0.5, 0.6) is 0 Å². The number of ether oxygens (including phenoxy) is 1. The predicted molar refractivity (Wildman–Crippen MR) is 47.3 cm³/mol. The second-order valence-corrected chi connectivity index (χ2v) is 2.87. The molecule has 1 atom stereocenters. The number of carboxylic acid groups (broad SMARTS) is 1. The van der Waals surface area contributed by atoms with Crippen LogP contribution in [-0.2, 0) is 9.53 Å². The number of hydrogen-bond acceptors (Lipinski definition) is 5. The van der Waals surface area contributed by atoms with Crippen LogP contribution in [0.1, 0.15) is 0 Å². The molecule has 0 saturated carbocycles. The molecule has 15 heavy (non-hydrogen) atoms. The summed E-state index contributed by atoms with van der Waals surface area (Å²) in [6, 6.07) is 0.426. The zero-order chi connectivity index (χ0) is 10.8. The molecule has 1 N–H and O–H groups in total. The van der Waals surface area contributed by atoms with Gasteiger partial charge < -0.3 is 9.84 Å². The van der Waals surface area contributed by atoms with Gasteiger partial charge in [-0.15, -0.1) is 0 Å². The maximum Gasteiger partial charge on any atom is 0.416 e. The van der Waals surface area contributed by atoms with Crippen molar-refractivity contribution in [1.29, 1.82) is 0 Å². The van der Waals surface area contributed by atoms with E-state index in [9.17, 15) is 9.59 Å². The van der Waals surface area contributed by atoms with Crippen LogP contribution in [0.3, 0.4) is 0 Å². The van der Waals surface area contributed by atoms with Crippen molar-refractivity contribution in [3.05, 3.63) is 18.6 Å². The third-order valence-electron chi connectivity index (χ3n) is 1.97. The lowest BCUT2D eigenvalue weighted by Crippen LogP contribution is -2.39. The number of carbonyl (C=O) groups is 2. The maximum atomic E-state index is 11.3. The highest BCUT2D eigenvalue weighted by Crippen LogP contribution is 2.19. The monoisotopic (exact) mass is 209 g/mol. The Bertz CT molecular complexity index is 394. The van der Waals surface area contributed by atoms with E-state index in [4.69, 9.17) is 5.11 Å². The van der Waals surface area contributed by atoms with E-state index in [-0.39, 0.29) is 12.4 Å². The normalized spacial score (nSPS) is 20.1. The second-order valence-electron chi connectivity index (χ2n) is 2.87. The van der Waals surface area contributed by atoms with Gasteiger partial charge in [0, 0.05) is 6.20 Å². The van der Waals surface area contributed by atoms with Crippen LogP contribution in [0, 0.1) is 0 Å². The lowest BCUT2D eigenvalue weighted by molar-refractivity contribution is -0.138. The third-order valence-corrected chi connectivity index (χ3v) is 1.97. The second kappa shape index (κ2) is 3.52. The topological polar surface area (TPSA) is 92.6 Å². The molecule has 0 spiro atoms. The van der Waals surface area contributed by atoms with Gasteiger partial charge in [0.15, 0.2) is 6.04 Å². The van der Waals surface area contributed by atoms with Crippen LogP contribution >= 0.6 is 0 Å². The van der Waals surface area contributed by atoms with Gasteiger partial charge in [-0.1, -0.05) is 0 Å². The Kier molecular flexibility index (Phi) is 2.20. The van der Waals surface area contributed by atoms with Crippen molar-refractivity contribution in [3.8, 4) is 0 Å². The van der Waals surface area contributed by atoms with Gasteiger partial charge in [0.2, 0.25) is 0 Å². The first kappa shape index (κ1) is 9.38. The Morgan fingerprint density at radius 1 is 1.67 bits per heavy atom. The number of rotatable bonds is 2. The summed E-state index contributed by atoms with van der Waals surface area (Å²) >= 11 is 0. The van der Waals surface area contributed by atoms with E-state index in [1.54, 1.807) is 0 Å². The molecule has 0 radical (unpaired) electrons. The van der Waals surface area contributed by atoms with Gasteiger partial charge in [0.1, 0.15) is 18.8 Å². The summed E-state index contributed by atoms with van der Waals surface area (Å²) in [5.41, 5.74) is 0. The number of aromatic nitrogens is 2. The lowest BCUT2D eigenvalue weighted by atomic mass is 10.3. The highest BCUT2D eigenvalue weighted by Gasteiger charge is 2.39. The number of amides is 1. The van der Waals surface area contributed by atoms with Crippen LogP contribution in [0.25, 0.3) is 0 Å². The minimum Gasteiger partial charge on any atom is -0.480 e. The maximum absolute atomic E-state index is 11.3. The first-order valence-electron chi connectivity index (χ1n) is 4.15. The summed E-state index contributed by atoms with van der Waals surface area (Å²) in [5.74, 6) is -0.903. The molecule has 1 unspecified atom stereocenters. The van der Waals surface area contributed by atoms with E-state index in [0.29, 0.717) is 0 Å². The van der Waals surface area contributed by atoms with Gasteiger partial charge in [-0.3, -0.25) is 0 Å². The number of aliphatic carboxylic acids is 1. The van der Waals surface area contributed by atoms with Crippen molar-refractivity contribution < 1.29 is 19.4 Å². The fraction of sp³-hybridized carbons (Fsp3) is 0.250. The summed E-state index contributed by atoms with van der Waals surface area (Å²) in [6.45, 7) is -0.168. The summed E-state index contributed by atoms with van der Waals surface area (Å²) in [6.07, 6.45) is 1.95. The molecule has 7 nitrogen and oxygen atoms in total. The molecule has 1 aromatic rings. The molecule has 1 aliphatic rings. The van der Waals surface area contributed by atoms with Gasteiger partial charge in [0.05, 0.1) is 0 Å². The third kappa shape index (κ3) is 1.58. The molecule has 2 rings (SSSR count). The summed E-state index contributed by atoms with van der Waals surface area (Å²) in [7, 11) is 0. The van der Waals surface area contributed by atoms with Crippen molar-refractivity contribution in [1.82, 2.24) is 9.97 Å². The van der Waals surface area contributed by atoms with Crippen LogP contribution in [0.4, 0.5) is 10.6 Å². The zero-order valence-electron chi connectivity index (χ0n) is 7.53. The fourth-order valence-corrected chi connectivity index (χ4v) is 1.28. The van der Waals surface area contributed by atoms with Gasteiger partial charge in [-0.25, -0.2) is 24.5 Å². The van der Waals surface area contributed by atoms with Gasteiger partial charge in [0.25, 0.3) is 0 Å². The summed E-state index contributed by atoms with van der Waals surface area (Å²) in [4.78, 5) is 30.5. The zero-order valence-corrected chi connectivity index (χ0v) is 7.53. The molecule has 1 amide bonds. The highest BCUT2D eigenvalue weighted by atomic mass is 16.6. The standard InChI is InChI=1S/C8H7N3O4/c12-7(13)5-3-15-8(14)11(5)6-1-2-9-4-10-6/h1-2,4-5H,3H2,(H,12,13). The summed E-state index contributed by atoms with van der Waals surface area (Å²) < 4.78 is 4.64. The number of hydrogen-bond donors (Lipinski definition) is 1. The number of cyclic esters (lactones) is 1. The van der Waals surface area contributed by atoms with E-state index in [1.807, 2.05) is 0 Å². The molecule has 1 saturated heterocycles. The predicted octanol–water partition coefficient (Wildman–Crippen LogP) is -0.114. The van der Waals surface area contributed by atoms with Crippen LogP contribution in [-0.4, -0.2) is 39.8 Å². The molecule has 1 aliphatic heterocycles. The Hall–Kier alpha value is -2.18. The van der Waals surface area contributed by atoms with Gasteiger partial charge >= 0.3 is 12.1 Å². The first-order valence-corrected chi connectivity index (χ1v) is 4.15. The van der Waals surface area contributed by atoms with Crippen molar-refractivity contribution in [2.24, 2.45) is 0 Å². The van der Waals surface area contributed by atoms with Crippen molar-refractivity contribution in [2.75, 3.05) is 11.5 Å². The average molecular weight is 209 g/mol. The van der Waals surface area contributed by atoms with E-state index < -0.39 is 18.1 Å². The van der Waals surface area contributed by atoms with Crippen molar-refractivity contribution in [3.63, 3.8) is 0 Å². The number of carbonyl (C=O) groups excluding carboxylic acids is 1. The molecule has 0 bridgehead atoms. The lowest BCUT2D eigenvalue weighted by Gasteiger charge is -2.15. The van der Waals surface area contributed by atoms with E-state index in [1.165, 1.54) is 18.6 Å². The van der Waals surface area contributed by atoms with Crippen LogP contribution in [0.15, 0.2) is 18.6 Å². The molecule has 78 valence electrons. The SMILES string of the molecule is O=C(O)C1COC(=O)N1c1ccncn1. The Morgan fingerprint density at radius 2 is 2.47 bits per heavy atom. The minimum absolute atomic E-state index is 0.168. The highest BCUT2D eigenvalue weighted by molar-refractivity contribution is 5.96. The molecule has 1 aromatic heterocycles. The van der Waals surface area contributed by atoms with Crippen molar-refractivity contribution in [2.45, 2.75) is 6.04 Å².